The van der Waals surface area contributed by atoms with Gasteiger partial charge in [0.15, 0.2) is 11.5 Å². The molecule has 0 saturated heterocycles. The van der Waals surface area contributed by atoms with E-state index in [-0.39, 0.29) is 38.6 Å². The molecule has 3 rings (SSSR count). The summed E-state index contributed by atoms with van der Waals surface area (Å²) in [5, 5.41) is 33.9. The van der Waals surface area contributed by atoms with Gasteiger partial charge in [-0.25, -0.2) is 0 Å². The van der Waals surface area contributed by atoms with Crippen LogP contribution in [0.5, 0.6) is 11.5 Å². The number of aliphatic hydroxyl groups is 3. The number of unbranched alkanes of at least 4 members (excludes halogenated alkanes) is 4. The lowest BCUT2D eigenvalue weighted by atomic mass is 9.87. The highest BCUT2D eigenvalue weighted by Gasteiger charge is 2.41. The number of nitrogens with one attached hydrogen (secondary N) is 1. The second-order valence-corrected chi connectivity index (χ2v) is 12.2. The fourth-order valence-corrected chi connectivity index (χ4v) is 6.01. The summed E-state index contributed by atoms with van der Waals surface area (Å²) in [5.74, 6) is 0.190. The lowest BCUT2D eigenvalue weighted by Gasteiger charge is -2.41. The Morgan fingerprint density at radius 3 is 2.47 bits per heavy atom. The molecule has 2 aromatic rings. The van der Waals surface area contributed by atoms with Gasteiger partial charge in [0.2, 0.25) is 11.8 Å². The van der Waals surface area contributed by atoms with E-state index < -0.39 is 24.2 Å². The van der Waals surface area contributed by atoms with Crippen molar-refractivity contribution in [3.8, 4) is 11.5 Å². The van der Waals surface area contributed by atoms with Crippen LogP contribution >= 0.6 is 34.2 Å². The van der Waals surface area contributed by atoms with Crippen LogP contribution in [-0.2, 0) is 22.7 Å². The number of hydrogen-bond acceptors (Lipinski definition) is 7. The third-order valence-corrected chi connectivity index (χ3v) is 8.47. The molecule has 0 heterocycles. The summed E-state index contributed by atoms with van der Waals surface area (Å²) in [5.41, 5.74) is 1.81. The fraction of sp³-hybridized carbons (Fsp3) is 0.500. The Labute approximate surface area is 272 Å². The first-order chi connectivity index (χ1) is 20.7. The first kappa shape index (κ1) is 35.1. The molecule has 1 aliphatic carbocycles. The summed E-state index contributed by atoms with van der Waals surface area (Å²) in [6.07, 6.45) is 4.74. The van der Waals surface area contributed by atoms with Crippen LogP contribution in [0.4, 0.5) is 0 Å². The maximum atomic E-state index is 13.8. The Morgan fingerprint density at radius 2 is 1.81 bits per heavy atom. The second kappa shape index (κ2) is 17.8. The van der Waals surface area contributed by atoms with Gasteiger partial charge in [0, 0.05) is 36.5 Å². The SMILES string of the molecule is CCCCCCCC(=O)N(Cc1ccc(Cl)cc1)C1CC(C(=O)NCCO)=CC(Oc2c(I)cc(CO)cc2OC)C1O. The van der Waals surface area contributed by atoms with Gasteiger partial charge < -0.3 is 35.0 Å². The topological polar surface area (TPSA) is 129 Å². The standard InChI is InChI=1S/C32H42ClIN2O7/c1-3-4-5-6-7-8-29(39)36(19-21-9-11-24(33)12-10-21)26-17-23(32(41)35-13-14-37)18-27(30(26)40)43-31-25(34)15-22(20-38)16-28(31)42-2/h9-12,15-16,18,26-27,30,37-38,40H,3-8,13-14,17,19-20H2,1-2H3,(H,35,41). The zero-order chi connectivity index (χ0) is 31.4. The number of nitrogens with zero attached hydrogens (tertiary/aromatic N) is 1. The summed E-state index contributed by atoms with van der Waals surface area (Å²) in [4.78, 5) is 28.6. The highest BCUT2D eigenvalue weighted by Crippen LogP contribution is 2.37. The van der Waals surface area contributed by atoms with E-state index in [1.807, 2.05) is 12.1 Å². The molecule has 3 unspecified atom stereocenters. The molecule has 2 aromatic carbocycles. The maximum absolute atomic E-state index is 13.8. The molecule has 0 aromatic heterocycles. The minimum absolute atomic E-state index is 0.0639. The second-order valence-electron chi connectivity index (χ2n) is 10.6. The van der Waals surface area contributed by atoms with Crippen LogP contribution in [0.15, 0.2) is 48.0 Å². The van der Waals surface area contributed by atoms with E-state index in [9.17, 15) is 24.9 Å². The van der Waals surface area contributed by atoms with Crippen LogP contribution in [0.3, 0.4) is 0 Å². The Bertz CT molecular complexity index is 1240. The molecule has 0 saturated carbocycles. The lowest BCUT2D eigenvalue weighted by molar-refractivity contribution is -0.139. The van der Waals surface area contributed by atoms with Crippen LogP contribution < -0.4 is 14.8 Å². The number of aliphatic hydroxyl groups excluding tert-OH is 3. The quantitative estimate of drug-likeness (QED) is 0.145. The van der Waals surface area contributed by atoms with Crippen LogP contribution in [0.2, 0.25) is 5.02 Å². The van der Waals surface area contributed by atoms with Gasteiger partial charge in [-0.15, -0.1) is 0 Å². The van der Waals surface area contributed by atoms with Gasteiger partial charge >= 0.3 is 0 Å². The van der Waals surface area contributed by atoms with Crippen LogP contribution in [0, 0.1) is 3.57 Å². The average molecular weight is 729 g/mol. The number of carbonyl (C=O) groups excluding carboxylic acids is 2. The van der Waals surface area contributed by atoms with Gasteiger partial charge in [0.05, 0.1) is 29.9 Å². The van der Waals surface area contributed by atoms with E-state index in [0.29, 0.717) is 37.6 Å². The normalized spacial score (nSPS) is 18.1. The summed E-state index contributed by atoms with van der Waals surface area (Å²) in [7, 11) is 1.48. The molecule has 9 nitrogen and oxygen atoms in total. The first-order valence-corrected chi connectivity index (χ1v) is 16.1. The van der Waals surface area contributed by atoms with E-state index in [0.717, 1.165) is 37.7 Å². The molecular formula is C32H42ClIN2O7. The van der Waals surface area contributed by atoms with Crippen LogP contribution in [-0.4, -0.2) is 70.5 Å². The number of halogens is 2. The number of ether oxygens (including phenoxy) is 2. The van der Waals surface area contributed by atoms with Crippen molar-refractivity contribution in [3.05, 3.63) is 67.8 Å². The van der Waals surface area contributed by atoms with Gasteiger partial charge in [0.1, 0.15) is 12.2 Å². The smallest absolute Gasteiger partial charge is 0.247 e. The first-order valence-electron chi connectivity index (χ1n) is 14.7. The van der Waals surface area contributed by atoms with Crippen molar-refractivity contribution in [2.24, 2.45) is 0 Å². The molecule has 3 atom stereocenters. The summed E-state index contributed by atoms with van der Waals surface area (Å²) >= 11 is 8.18. The molecule has 0 bridgehead atoms. The third-order valence-electron chi connectivity index (χ3n) is 7.42. The van der Waals surface area contributed by atoms with Crippen molar-refractivity contribution < 1.29 is 34.4 Å². The number of amides is 2. The van der Waals surface area contributed by atoms with Crippen LogP contribution in [0.1, 0.15) is 63.0 Å². The number of carbonyl (C=O) groups is 2. The zero-order valence-electron chi connectivity index (χ0n) is 24.7. The molecule has 236 valence electrons. The van der Waals surface area contributed by atoms with E-state index in [4.69, 9.17) is 21.1 Å². The van der Waals surface area contributed by atoms with Crippen LogP contribution in [0.25, 0.3) is 0 Å². The van der Waals surface area contributed by atoms with Crippen molar-refractivity contribution in [1.29, 1.82) is 0 Å². The monoisotopic (exact) mass is 728 g/mol. The molecule has 0 radical (unpaired) electrons. The van der Waals surface area contributed by atoms with Crippen molar-refractivity contribution in [2.45, 2.75) is 83.3 Å². The van der Waals surface area contributed by atoms with Gasteiger partial charge in [0.25, 0.3) is 0 Å². The van der Waals surface area contributed by atoms with Crippen molar-refractivity contribution in [2.75, 3.05) is 20.3 Å². The maximum Gasteiger partial charge on any atom is 0.247 e. The van der Waals surface area contributed by atoms with E-state index in [1.54, 1.807) is 35.2 Å². The minimum Gasteiger partial charge on any atom is -0.493 e. The molecule has 0 spiro atoms. The molecule has 0 fully saturated rings. The molecule has 2 amide bonds. The minimum atomic E-state index is -1.18. The Balaban J connectivity index is 1.98. The number of rotatable bonds is 16. The van der Waals surface area contributed by atoms with Crippen molar-refractivity contribution in [3.63, 3.8) is 0 Å². The van der Waals surface area contributed by atoms with Crippen molar-refractivity contribution >= 4 is 46.0 Å². The third kappa shape index (κ3) is 10.1. The van der Waals surface area contributed by atoms with E-state index in [2.05, 4.69) is 34.8 Å². The van der Waals surface area contributed by atoms with E-state index in [1.165, 1.54) is 7.11 Å². The highest BCUT2D eigenvalue weighted by molar-refractivity contribution is 14.1. The van der Waals surface area contributed by atoms with Crippen molar-refractivity contribution in [1.82, 2.24) is 10.2 Å². The van der Waals surface area contributed by atoms with Gasteiger partial charge in [-0.3, -0.25) is 9.59 Å². The summed E-state index contributed by atoms with van der Waals surface area (Å²) in [6, 6.07) is 9.82. The largest absolute Gasteiger partial charge is 0.493 e. The van der Waals surface area contributed by atoms with E-state index >= 15 is 0 Å². The molecule has 43 heavy (non-hydrogen) atoms. The fourth-order valence-electron chi connectivity index (χ4n) is 5.09. The molecule has 4 N–H and O–H groups in total. The number of methoxy groups -OCH3 is 1. The Morgan fingerprint density at radius 1 is 1.09 bits per heavy atom. The average Bonchev–Trinajstić information content (AvgIpc) is 3.01. The highest BCUT2D eigenvalue weighted by atomic mass is 127. The summed E-state index contributed by atoms with van der Waals surface area (Å²) in [6.45, 7) is 2.01. The van der Waals surface area contributed by atoms with Gasteiger partial charge in [-0.2, -0.15) is 0 Å². The molecule has 11 heteroatoms. The number of hydrogen-bond donors (Lipinski definition) is 4. The number of benzene rings is 2. The predicted molar refractivity (Wildman–Crippen MR) is 174 cm³/mol. The molecular weight excluding hydrogens is 687 g/mol. The predicted octanol–water partition coefficient (Wildman–Crippen LogP) is 4.75. The van der Waals surface area contributed by atoms with Gasteiger partial charge in [-0.1, -0.05) is 56.3 Å². The molecule has 1 aliphatic rings. The van der Waals surface area contributed by atoms with Gasteiger partial charge in [-0.05, 0) is 70.5 Å². The summed E-state index contributed by atoms with van der Waals surface area (Å²) < 4.78 is 12.5. The molecule has 0 aliphatic heterocycles. The Hall–Kier alpha value is -2.38. The Kier molecular flexibility index (Phi) is 14.5. The lowest BCUT2D eigenvalue weighted by Crippen LogP contribution is -2.54. The zero-order valence-corrected chi connectivity index (χ0v) is 27.6.